The Balaban J connectivity index is 2.95. The molecular weight excluding hydrogens is 252 g/mol. The Morgan fingerprint density at radius 1 is 1.16 bits per heavy atom. The van der Waals surface area contributed by atoms with Gasteiger partial charge in [0.2, 0.25) is 5.91 Å². The Morgan fingerprint density at radius 2 is 1.68 bits per heavy atom. The lowest BCUT2D eigenvalue weighted by Crippen LogP contribution is -2.51. The molecule has 0 saturated carbocycles. The van der Waals surface area contributed by atoms with Gasteiger partial charge in [0, 0.05) is 0 Å². The monoisotopic (exact) mass is 272 g/mol. The molecule has 0 aromatic rings. The minimum atomic E-state index is -0.834. The Kier molecular flexibility index (Phi) is 4.39. The summed E-state index contributed by atoms with van der Waals surface area (Å²) in [7, 11) is 1.23. The number of ether oxygens (including phenoxy) is 2. The van der Waals surface area contributed by atoms with Crippen molar-refractivity contribution in [3.8, 4) is 0 Å². The van der Waals surface area contributed by atoms with Gasteiger partial charge in [-0.1, -0.05) is 0 Å². The van der Waals surface area contributed by atoms with Crippen LogP contribution >= 0.6 is 0 Å². The predicted molar refractivity (Wildman–Crippen MR) is 66.1 cm³/mol. The van der Waals surface area contributed by atoms with Crippen LogP contribution in [0.3, 0.4) is 0 Å². The van der Waals surface area contributed by atoms with Crippen molar-refractivity contribution in [2.24, 2.45) is 5.73 Å². The second-order valence-corrected chi connectivity index (χ2v) is 5.42. The maximum Gasteiger partial charge on any atom is 0.411 e. The third kappa shape index (κ3) is 3.59. The molecule has 19 heavy (non-hydrogen) atoms. The van der Waals surface area contributed by atoms with Crippen LogP contribution in [0.25, 0.3) is 0 Å². The van der Waals surface area contributed by atoms with Crippen LogP contribution < -0.4 is 5.73 Å². The van der Waals surface area contributed by atoms with Crippen LogP contribution in [0.15, 0.2) is 0 Å². The smallest absolute Gasteiger partial charge is 0.411 e. The van der Waals surface area contributed by atoms with Crippen molar-refractivity contribution in [1.82, 2.24) is 4.90 Å². The van der Waals surface area contributed by atoms with E-state index in [2.05, 4.69) is 4.74 Å². The van der Waals surface area contributed by atoms with E-state index >= 15 is 0 Å². The molecule has 0 aromatic carbocycles. The normalized spacial score (nSPS) is 23.1. The van der Waals surface area contributed by atoms with Gasteiger partial charge in [-0.25, -0.2) is 9.59 Å². The standard InChI is InChI=1S/C12H20N2O5/c1-12(2,3)19-11(17)14-7(9(13)15)5-6-8(14)10(16)18-4/h7-8H,5-6H2,1-4H3,(H2,13,15)/t7-,8+/m0/s1. The number of hydrogen-bond acceptors (Lipinski definition) is 5. The number of esters is 1. The van der Waals surface area contributed by atoms with Crippen molar-refractivity contribution >= 4 is 18.0 Å². The molecule has 2 N–H and O–H groups in total. The largest absolute Gasteiger partial charge is 0.467 e. The fraction of sp³-hybridized carbons (Fsp3) is 0.750. The van der Waals surface area contributed by atoms with Crippen molar-refractivity contribution in [3.05, 3.63) is 0 Å². The molecule has 108 valence electrons. The molecule has 1 aliphatic heterocycles. The van der Waals surface area contributed by atoms with Crippen LogP contribution in [0.4, 0.5) is 4.79 Å². The summed E-state index contributed by atoms with van der Waals surface area (Å²) in [5.41, 5.74) is 4.53. The van der Waals surface area contributed by atoms with Crippen LogP contribution in [0, 0.1) is 0 Å². The summed E-state index contributed by atoms with van der Waals surface area (Å²) < 4.78 is 9.83. The Hall–Kier alpha value is -1.79. The van der Waals surface area contributed by atoms with Crippen LogP contribution in [-0.2, 0) is 19.1 Å². The Morgan fingerprint density at radius 3 is 2.11 bits per heavy atom. The van der Waals surface area contributed by atoms with Gasteiger partial charge < -0.3 is 15.2 Å². The summed E-state index contributed by atoms with van der Waals surface area (Å²) in [4.78, 5) is 36.2. The van der Waals surface area contributed by atoms with E-state index in [1.54, 1.807) is 20.8 Å². The minimum absolute atomic E-state index is 0.328. The summed E-state index contributed by atoms with van der Waals surface area (Å²) in [6.07, 6.45) is -0.0716. The van der Waals surface area contributed by atoms with Gasteiger partial charge in [-0.15, -0.1) is 0 Å². The highest BCUT2D eigenvalue weighted by Crippen LogP contribution is 2.27. The van der Waals surface area contributed by atoms with Crippen molar-refractivity contribution in [1.29, 1.82) is 0 Å². The molecule has 1 heterocycles. The highest BCUT2D eigenvalue weighted by atomic mass is 16.6. The predicted octanol–water partition coefficient (Wildman–Crippen LogP) is 0.413. The maximum atomic E-state index is 12.1. The summed E-state index contributed by atoms with van der Waals surface area (Å²) in [5, 5.41) is 0. The molecule has 1 aliphatic rings. The highest BCUT2D eigenvalue weighted by Gasteiger charge is 2.45. The lowest BCUT2D eigenvalue weighted by atomic mass is 10.2. The van der Waals surface area contributed by atoms with Gasteiger partial charge in [0.15, 0.2) is 0 Å². The SMILES string of the molecule is COC(=O)[C@H]1CC[C@@H](C(N)=O)N1C(=O)OC(C)(C)C. The van der Waals surface area contributed by atoms with Crippen molar-refractivity contribution in [2.45, 2.75) is 51.3 Å². The lowest BCUT2D eigenvalue weighted by molar-refractivity contribution is -0.146. The van der Waals surface area contributed by atoms with Gasteiger partial charge in [0.05, 0.1) is 7.11 Å². The number of carbonyl (C=O) groups excluding carboxylic acids is 3. The van der Waals surface area contributed by atoms with E-state index in [-0.39, 0.29) is 0 Å². The van der Waals surface area contributed by atoms with E-state index in [0.29, 0.717) is 12.8 Å². The van der Waals surface area contributed by atoms with E-state index in [9.17, 15) is 14.4 Å². The molecule has 0 bridgehead atoms. The van der Waals surface area contributed by atoms with Gasteiger partial charge in [-0.05, 0) is 33.6 Å². The van der Waals surface area contributed by atoms with Crippen molar-refractivity contribution in [2.75, 3.05) is 7.11 Å². The van der Waals surface area contributed by atoms with Crippen LogP contribution in [0.5, 0.6) is 0 Å². The maximum absolute atomic E-state index is 12.1. The quantitative estimate of drug-likeness (QED) is 0.734. The number of hydrogen-bond donors (Lipinski definition) is 1. The first-order chi connectivity index (χ1) is 8.67. The van der Waals surface area contributed by atoms with Gasteiger partial charge in [-0.3, -0.25) is 9.69 Å². The lowest BCUT2D eigenvalue weighted by Gasteiger charge is -2.30. The number of amides is 2. The Bertz CT molecular complexity index is 388. The summed E-state index contributed by atoms with van der Waals surface area (Å²) in [6, 6.07) is -1.66. The first kappa shape index (κ1) is 15.3. The fourth-order valence-corrected chi connectivity index (χ4v) is 2.03. The van der Waals surface area contributed by atoms with E-state index in [1.165, 1.54) is 7.11 Å². The average molecular weight is 272 g/mol. The highest BCUT2D eigenvalue weighted by molar-refractivity contribution is 5.89. The van der Waals surface area contributed by atoms with E-state index in [1.807, 2.05) is 0 Å². The number of primary amides is 1. The number of rotatable bonds is 2. The minimum Gasteiger partial charge on any atom is -0.467 e. The zero-order chi connectivity index (χ0) is 14.8. The summed E-state index contributed by atoms with van der Waals surface area (Å²) in [6.45, 7) is 5.11. The van der Waals surface area contributed by atoms with Crippen LogP contribution in [0.1, 0.15) is 33.6 Å². The molecule has 1 rings (SSSR count). The molecule has 0 radical (unpaired) electrons. The molecule has 2 amide bonds. The molecule has 7 heteroatoms. The van der Waals surface area contributed by atoms with Gasteiger partial charge in [0.25, 0.3) is 0 Å². The van der Waals surface area contributed by atoms with Crippen molar-refractivity contribution in [3.63, 3.8) is 0 Å². The third-order valence-electron chi connectivity index (χ3n) is 2.79. The molecule has 1 fully saturated rings. The molecule has 1 saturated heterocycles. The van der Waals surface area contributed by atoms with Crippen LogP contribution in [0.2, 0.25) is 0 Å². The number of nitrogens with zero attached hydrogens (tertiary/aromatic N) is 1. The van der Waals surface area contributed by atoms with Gasteiger partial charge >= 0.3 is 12.1 Å². The molecule has 0 unspecified atom stereocenters. The zero-order valence-electron chi connectivity index (χ0n) is 11.6. The van der Waals surface area contributed by atoms with Gasteiger partial charge in [-0.2, -0.15) is 0 Å². The molecular formula is C12H20N2O5. The second kappa shape index (κ2) is 5.46. The molecule has 7 nitrogen and oxygen atoms in total. The first-order valence-electron chi connectivity index (χ1n) is 6.06. The average Bonchev–Trinajstić information content (AvgIpc) is 2.70. The number of likely N-dealkylation sites (tertiary alicyclic amines) is 1. The van der Waals surface area contributed by atoms with Crippen molar-refractivity contribution < 1.29 is 23.9 Å². The van der Waals surface area contributed by atoms with E-state index < -0.39 is 35.7 Å². The zero-order valence-corrected chi connectivity index (χ0v) is 11.6. The molecule has 2 atom stereocenters. The first-order valence-corrected chi connectivity index (χ1v) is 6.06. The third-order valence-corrected chi connectivity index (χ3v) is 2.79. The summed E-state index contributed by atoms with van der Waals surface area (Å²) in [5.74, 6) is -1.23. The number of carbonyl (C=O) groups is 3. The topological polar surface area (TPSA) is 98.9 Å². The summed E-state index contributed by atoms with van der Waals surface area (Å²) >= 11 is 0. The van der Waals surface area contributed by atoms with E-state index in [0.717, 1.165) is 4.90 Å². The fourth-order valence-electron chi connectivity index (χ4n) is 2.03. The molecule has 0 spiro atoms. The van der Waals surface area contributed by atoms with Gasteiger partial charge in [0.1, 0.15) is 17.7 Å². The molecule has 0 aliphatic carbocycles. The molecule has 0 aromatic heterocycles. The van der Waals surface area contributed by atoms with Crippen LogP contribution in [-0.4, -0.2) is 47.7 Å². The second-order valence-electron chi connectivity index (χ2n) is 5.42. The number of nitrogens with two attached hydrogens (primary N) is 1. The van der Waals surface area contributed by atoms with E-state index in [4.69, 9.17) is 10.5 Å². The number of methoxy groups -OCH3 is 1. The Labute approximate surface area is 112 Å².